The Morgan fingerprint density at radius 1 is 1.07 bits per heavy atom. The van der Waals surface area contributed by atoms with Gasteiger partial charge in [0.15, 0.2) is 0 Å². The van der Waals surface area contributed by atoms with Crippen LogP contribution >= 0.6 is 0 Å². The second-order valence-corrected chi connectivity index (χ2v) is 8.46. The van der Waals surface area contributed by atoms with E-state index in [9.17, 15) is 9.00 Å². The van der Waals surface area contributed by atoms with Crippen LogP contribution in [0.25, 0.3) is 11.5 Å². The predicted octanol–water partition coefficient (Wildman–Crippen LogP) is 4.80. The topological polar surface area (TPSA) is 72.2 Å². The number of oxazole rings is 1. The van der Waals surface area contributed by atoms with Gasteiger partial charge in [0.05, 0.1) is 22.2 Å². The Balaban J connectivity index is 1.70. The number of hydrogen-bond donors (Lipinski definition) is 1. The van der Waals surface area contributed by atoms with Gasteiger partial charge in [-0.2, -0.15) is 0 Å². The van der Waals surface area contributed by atoms with Gasteiger partial charge in [-0.05, 0) is 56.7 Å². The molecule has 0 fully saturated rings. The molecule has 0 saturated heterocycles. The van der Waals surface area contributed by atoms with Gasteiger partial charge in [0, 0.05) is 22.6 Å². The summed E-state index contributed by atoms with van der Waals surface area (Å²) in [6.07, 6.45) is 2.01. The lowest BCUT2D eigenvalue weighted by molar-refractivity contribution is 0.0953. The summed E-state index contributed by atoms with van der Waals surface area (Å²) in [6.45, 7) is 6.59. The molecule has 3 rings (SSSR count). The van der Waals surface area contributed by atoms with Crippen molar-refractivity contribution in [3.8, 4) is 11.5 Å². The minimum Gasteiger partial charge on any atom is -0.441 e. The zero-order valence-corrected chi connectivity index (χ0v) is 17.8. The summed E-state index contributed by atoms with van der Waals surface area (Å²) in [5, 5.41) is 2.90. The minimum atomic E-state index is -1.19. The molecule has 1 heterocycles. The van der Waals surface area contributed by atoms with Crippen LogP contribution < -0.4 is 5.32 Å². The number of rotatable bonds is 8. The predicted molar refractivity (Wildman–Crippen MR) is 115 cm³/mol. The highest BCUT2D eigenvalue weighted by molar-refractivity contribution is 7.84. The molecular formula is C23H26N2O3S. The van der Waals surface area contributed by atoms with Gasteiger partial charge in [-0.15, -0.1) is 0 Å². The Morgan fingerprint density at radius 2 is 1.76 bits per heavy atom. The van der Waals surface area contributed by atoms with E-state index in [0.717, 1.165) is 28.9 Å². The summed E-state index contributed by atoms with van der Waals surface area (Å²) in [4.78, 5) is 17.4. The highest BCUT2D eigenvalue weighted by Crippen LogP contribution is 2.24. The maximum absolute atomic E-state index is 12.6. The van der Waals surface area contributed by atoms with Crippen LogP contribution in [0.15, 0.2) is 57.8 Å². The molecule has 152 valence electrons. The van der Waals surface area contributed by atoms with E-state index in [1.807, 2.05) is 50.2 Å². The molecule has 0 bridgehead atoms. The summed E-state index contributed by atoms with van der Waals surface area (Å²) in [6, 6.07) is 14.8. The number of nitrogens with zero attached hydrogens (tertiary/aromatic N) is 1. The van der Waals surface area contributed by atoms with E-state index in [-0.39, 0.29) is 5.91 Å². The van der Waals surface area contributed by atoms with E-state index in [2.05, 4.69) is 17.2 Å². The van der Waals surface area contributed by atoms with Gasteiger partial charge in [0.25, 0.3) is 5.91 Å². The third-order valence-corrected chi connectivity index (χ3v) is 5.99. The number of nitrogens with one attached hydrogen (secondary N) is 1. The van der Waals surface area contributed by atoms with E-state index in [0.29, 0.717) is 35.2 Å². The Bertz CT molecular complexity index is 992. The fourth-order valence-electron chi connectivity index (χ4n) is 2.83. The lowest BCUT2D eigenvalue weighted by atomic mass is 10.1. The van der Waals surface area contributed by atoms with Crippen molar-refractivity contribution in [3.05, 3.63) is 71.1 Å². The van der Waals surface area contributed by atoms with Crippen molar-refractivity contribution in [2.75, 3.05) is 6.54 Å². The molecule has 0 unspecified atom stereocenters. The maximum atomic E-state index is 12.6. The number of carbonyl (C=O) groups excluding carboxylic acids is 1. The van der Waals surface area contributed by atoms with Crippen LogP contribution in [0.4, 0.5) is 0 Å². The number of aryl methyl sites for hydroxylation is 2. The number of aromatic nitrogens is 1. The van der Waals surface area contributed by atoms with Crippen molar-refractivity contribution in [2.24, 2.45) is 0 Å². The van der Waals surface area contributed by atoms with E-state index in [4.69, 9.17) is 4.42 Å². The molecule has 1 N–H and O–H groups in total. The highest BCUT2D eigenvalue weighted by Gasteiger charge is 2.15. The van der Waals surface area contributed by atoms with Gasteiger partial charge in [-0.3, -0.25) is 9.00 Å². The summed E-state index contributed by atoms with van der Waals surface area (Å²) in [7, 11) is -1.19. The molecule has 0 saturated carbocycles. The standard InChI is InChI=1S/C23H26N2O3S/c1-4-5-14-24-22(26)18-8-10-19(11-9-18)23-25-21(17(3)28-23)15-29(27)20-12-6-16(2)7-13-20/h6-13H,4-5,14-15H2,1-3H3,(H,24,26)/t29-/m1/s1. The van der Waals surface area contributed by atoms with Crippen LogP contribution in [0, 0.1) is 13.8 Å². The van der Waals surface area contributed by atoms with Crippen LogP contribution in [-0.4, -0.2) is 21.6 Å². The average Bonchev–Trinajstić information content (AvgIpc) is 3.09. The Kier molecular flexibility index (Phi) is 6.99. The smallest absolute Gasteiger partial charge is 0.251 e. The fraction of sp³-hybridized carbons (Fsp3) is 0.304. The molecule has 29 heavy (non-hydrogen) atoms. The van der Waals surface area contributed by atoms with Gasteiger partial charge in [0.2, 0.25) is 5.89 Å². The van der Waals surface area contributed by atoms with E-state index in [1.54, 1.807) is 12.1 Å². The van der Waals surface area contributed by atoms with Gasteiger partial charge in [-0.1, -0.05) is 31.0 Å². The number of amides is 1. The second kappa shape index (κ2) is 9.65. The number of carbonyl (C=O) groups is 1. The molecule has 5 nitrogen and oxygen atoms in total. The summed E-state index contributed by atoms with van der Waals surface area (Å²) >= 11 is 0. The molecule has 1 aromatic heterocycles. The second-order valence-electron chi connectivity index (χ2n) is 7.01. The van der Waals surface area contributed by atoms with Gasteiger partial charge >= 0.3 is 0 Å². The van der Waals surface area contributed by atoms with Crippen LogP contribution in [-0.2, 0) is 16.6 Å². The summed E-state index contributed by atoms with van der Waals surface area (Å²) in [5.74, 6) is 1.34. The number of hydrogen-bond acceptors (Lipinski definition) is 4. The Labute approximate surface area is 174 Å². The zero-order valence-electron chi connectivity index (χ0n) is 17.0. The molecule has 0 aliphatic heterocycles. The molecule has 2 aromatic carbocycles. The number of benzene rings is 2. The zero-order chi connectivity index (χ0) is 20.8. The minimum absolute atomic E-state index is 0.0808. The monoisotopic (exact) mass is 410 g/mol. The van der Waals surface area contributed by atoms with Crippen LogP contribution in [0.1, 0.15) is 47.1 Å². The highest BCUT2D eigenvalue weighted by atomic mass is 32.2. The Hall–Kier alpha value is -2.73. The van der Waals surface area contributed by atoms with Crippen molar-refractivity contribution in [1.29, 1.82) is 0 Å². The van der Waals surface area contributed by atoms with Gasteiger partial charge in [-0.25, -0.2) is 4.98 Å². The van der Waals surface area contributed by atoms with Crippen molar-refractivity contribution in [1.82, 2.24) is 10.3 Å². The molecule has 1 atom stereocenters. The van der Waals surface area contributed by atoms with Crippen molar-refractivity contribution >= 4 is 16.7 Å². The molecule has 3 aromatic rings. The van der Waals surface area contributed by atoms with Crippen molar-refractivity contribution < 1.29 is 13.4 Å². The van der Waals surface area contributed by atoms with E-state index < -0.39 is 10.8 Å². The maximum Gasteiger partial charge on any atom is 0.251 e. The van der Waals surface area contributed by atoms with Crippen molar-refractivity contribution in [3.63, 3.8) is 0 Å². The lowest BCUT2D eigenvalue weighted by Gasteiger charge is -2.04. The fourth-order valence-corrected chi connectivity index (χ4v) is 3.95. The normalized spacial score (nSPS) is 12.0. The third-order valence-electron chi connectivity index (χ3n) is 4.65. The molecule has 1 amide bonds. The molecular weight excluding hydrogens is 384 g/mol. The quantitative estimate of drug-likeness (QED) is 0.542. The SMILES string of the molecule is CCCCNC(=O)c1ccc(-c2nc(C[S@@](=O)c3ccc(C)cc3)c(C)o2)cc1. The van der Waals surface area contributed by atoms with Crippen molar-refractivity contribution in [2.45, 2.75) is 44.3 Å². The van der Waals surface area contributed by atoms with Crippen LogP contribution in [0.3, 0.4) is 0 Å². The molecule has 6 heteroatoms. The first-order valence-corrected chi connectivity index (χ1v) is 11.1. The molecule has 0 aliphatic carbocycles. The summed E-state index contributed by atoms with van der Waals surface area (Å²) < 4.78 is 18.4. The first kappa shape index (κ1) is 21.0. The first-order chi connectivity index (χ1) is 14.0. The van der Waals surface area contributed by atoms with Crippen LogP contribution in [0.5, 0.6) is 0 Å². The van der Waals surface area contributed by atoms with Crippen LogP contribution in [0.2, 0.25) is 0 Å². The molecule has 0 spiro atoms. The third kappa shape index (κ3) is 5.41. The first-order valence-electron chi connectivity index (χ1n) is 9.78. The molecule has 0 radical (unpaired) electrons. The largest absolute Gasteiger partial charge is 0.441 e. The summed E-state index contributed by atoms with van der Waals surface area (Å²) in [5.41, 5.74) is 3.20. The van der Waals surface area contributed by atoms with Gasteiger partial charge in [0.1, 0.15) is 5.76 Å². The van der Waals surface area contributed by atoms with E-state index in [1.165, 1.54) is 0 Å². The molecule has 0 aliphatic rings. The lowest BCUT2D eigenvalue weighted by Crippen LogP contribution is -2.24. The average molecular weight is 411 g/mol. The van der Waals surface area contributed by atoms with Gasteiger partial charge < -0.3 is 9.73 Å². The Morgan fingerprint density at radius 3 is 2.41 bits per heavy atom. The number of unbranched alkanes of at least 4 members (excludes halogenated alkanes) is 1. The van der Waals surface area contributed by atoms with E-state index >= 15 is 0 Å².